The number of allylic oxidation sites excluding steroid dienone is 2. The van der Waals surface area contributed by atoms with Gasteiger partial charge in [-0.15, -0.1) is 0 Å². The summed E-state index contributed by atoms with van der Waals surface area (Å²) in [6, 6.07) is 8.62. The van der Waals surface area contributed by atoms with Crippen LogP contribution < -0.4 is 0 Å². The maximum absolute atomic E-state index is 12.1. The van der Waals surface area contributed by atoms with Crippen LogP contribution in [0.4, 0.5) is 0 Å². The number of fused-ring (bicyclic) bond motifs is 3. The number of carbonyl (C=O) groups is 1. The number of benzene rings is 1. The zero-order chi connectivity index (χ0) is 14.9. The monoisotopic (exact) mass is 270 g/mol. The SMILES string of the molecule is CC.CC1=C2c3ccccc3CC2(C(C)C)CCC1=O. The maximum Gasteiger partial charge on any atom is 0.158 e. The number of Topliss-reactive ketones (excluding diaryl/α,β-unsaturated/α-hetero) is 1. The fraction of sp³-hybridized carbons (Fsp3) is 0.526. The normalized spacial score (nSPS) is 24.2. The molecule has 0 radical (unpaired) electrons. The summed E-state index contributed by atoms with van der Waals surface area (Å²) < 4.78 is 0. The summed E-state index contributed by atoms with van der Waals surface area (Å²) in [5.74, 6) is 0.931. The minimum absolute atomic E-state index is 0.210. The molecule has 1 unspecified atom stereocenters. The van der Waals surface area contributed by atoms with Crippen molar-refractivity contribution >= 4 is 11.4 Å². The zero-order valence-electron chi connectivity index (χ0n) is 13.4. The first kappa shape index (κ1) is 15.0. The van der Waals surface area contributed by atoms with Gasteiger partial charge in [-0.3, -0.25) is 4.79 Å². The van der Waals surface area contributed by atoms with Gasteiger partial charge < -0.3 is 0 Å². The standard InChI is InChI=1S/C17H20O.C2H6/c1-11(2)17-9-8-15(18)12(3)16(17)14-7-5-4-6-13(14)10-17;1-2/h4-7,11H,8-10H2,1-3H3;1-2H3. The van der Waals surface area contributed by atoms with Crippen molar-refractivity contribution in [3.05, 3.63) is 41.0 Å². The quantitative estimate of drug-likeness (QED) is 0.698. The Morgan fingerprint density at radius 1 is 1.15 bits per heavy atom. The number of hydrogen-bond acceptors (Lipinski definition) is 1. The number of ketones is 1. The van der Waals surface area contributed by atoms with E-state index in [1.54, 1.807) is 0 Å². The first-order chi connectivity index (χ1) is 9.56. The van der Waals surface area contributed by atoms with Crippen LogP contribution in [-0.2, 0) is 11.2 Å². The van der Waals surface area contributed by atoms with Gasteiger partial charge in [0.2, 0.25) is 0 Å². The van der Waals surface area contributed by atoms with Gasteiger partial charge in [-0.25, -0.2) is 0 Å². The number of hydrogen-bond donors (Lipinski definition) is 0. The Morgan fingerprint density at radius 3 is 2.45 bits per heavy atom. The van der Waals surface area contributed by atoms with Crippen molar-refractivity contribution in [2.24, 2.45) is 11.3 Å². The second kappa shape index (κ2) is 5.55. The minimum atomic E-state index is 0.210. The molecule has 0 bridgehead atoms. The van der Waals surface area contributed by atoms with Crippen LogP contribution in [0.1, 0.15) is 58.6 Å². The molecule has 0 saturated carbocycles. The molecule has 2 aliphatic rings. The van der Waals surface area contributed by atoms with Gasteiger partial charge in [0.15, 0.2) is 5.78 Å². The van der Waals surface area contributed by atoms with Gasteiger partial charge >= 0.3 is 0 Å². The molecular formula is C19H26O. The van der Waals surface area contributed by atoms with Crippen LogP contribution in [0.25, 0.3) is 5.57 Å². The molecule has 2 aliphatic carbocycles. The molecule has 0 amide bonds. The van der Waals surface area contributed by atoms with Gasteiger partial charge in [0.05, 0.1) is 0 Å². The molecular weight excluding hydrogens is 244 g/mol. The Balaban J connectivity index is 0.000000704. The highest BCUT2D eigenvalue weighted by Gasteiger charge is 2.47. The Morgan fingerprint density at radius 2 is 1.80 bits per heavy atom. The van der Waals surface area contributed by atoms with E-state index in [4.69, 9.17) is 0 Å². The van der Waals surface area contributed by atoms with Gasteiger partial charge in [0.25, 0.3) is 0 Å². The molecule has 1 nitrogen and oxygen atoms in total. The molecule has 0 saturated heterocycles. The molecule has 0 fully saturated rings. The number of carbonyl (C=O) groups excluding carboxylic acids is 1. The van der Waals surface area contributed by atoms with E-state index >= 15 is 0 Å². The van der Waals surface area contributed by atoms with Crippen molar-refractivity contribution in [3.63, 3.8) is 0 Å². The second-order valence-electron chi connectivity index (χ2n) is 6.07. The first-order valence-electron chi connectivity index (χ1n) is 7.89. The first-order valence-corrected chi connectivity index (χ1v) is 7.89. The van der Waals surface area contributed by atoms with Crippen LogP contribution in [0.5, 0.6) is 0 Å². The predicted octanol–water partition coefficient (Wildman–Crippen LogP) is 5.05. The van der Waals surface area contributed by atoms with Crippen molar-refractivity contribution in [2.75, 3.05) is 0 Å². The summed E-state index contributed by atoms with van der Waals surface area (Å²) in [5.41, 5.74) is 5.33. The molecule has 1 aromatic carbocycles. The van der Waals surface area contributed by atoms with Gasteiger partial charge in [-0.05, 0) is 48.0 Å². The maximum atomic E-state index is 12.1. The largest absolute Gasteiger partial charge is 0.295 e. The highest BCUT2D eigenvalue weighted by molar-refractivity contribution is 6.06. The summed E-state index contributed by atoms with van der Waals surface area (Å²) in [4.78, 5) is 12.1. The molecule has 1 atom stereocenters. The van der Waals surface area contributed by atoms with Crippen LogP contribution >= 0.6 is 0 Å². The van der Waals surface area contributed by atoms with Gasteiger partial charge in [-0.2, -0.15) is 0 Å². The third-order valence-corrected chi connectivity index (χ3v) is 4.99. The van der Waals surface area contributed by atoms with Crippen LogP contribution in [0, 0.1) is 11.3 Å². The van der Waals surface area contributed by atoms with Gasteiger partial charge in [-0.1, -0.05) is 52.0 Å². The lowest BCUT2D eigenvalue weighted by Crippen LogP contribution is -2.32. The van der Waals surface area contributed by atoms with E-state index in [0.29, 0.717) is 11.7 Å². The number of rotatable bonds is 1. The predicted molar refractivity (Wildman–Crippen MR) is 85.6 cm³/mol. The Hall–Kier alpha value is -1.37. The second-order valence-corrected chi connectivity index (χ2v) is 6.07. The van der Waals surface area contributed by atoms with Crippen molar-refractivity contribution in [3.8, 4) is 0 Å². The smallest absolute Gasteiger partial charge is 0.158 e. The van der Waals surface area contributed by atoms with E-state index in [1.165, 1.54) is 16.7 Å². The lowest BCUT2D eigenvalue weighted by Gasteiger charge is -2.39. The minimum Gasteiger partial charge on any atom is -0.295 e. The third-order valence-electron chi connectivity index (χ3n) is 4.99. The van der Waals surface area contributed by atoms with Crippen molar-refractivity contribution < 1.29 is 4.79 Å². The van der Waals surface area contributed by atoms with Gasteiger partial charge in [0, 0.05) is 11.8 Å². The fourth-order valence-corrected chi connectivity index (χ4v) is 3.85. The lowest BCUT2D eigenvalue weighted by atomic mass is 9.64. The van der Waals surface area contributed by atoms with Crippen LogP contribution in [0.15, 0.2) is 29.8 Å². The average molecular weight is 270 g/mol. The average Bonchev–Trinajstić information content (AvgIpc) is 2.81. The molecule has 0 N–H and O–H groups in total. The third kappa shape index (κ3) is 2.04. The van der Waals surface area contributed by atoms with E-state index < -0.39 is 0 Å². The van der Waals surface area contributed by atoms with Crippen LogP contribution in [-0.4, -0.2) is 5.78 Å². The Labute approximate surface area is 123 Å². The Bertz CT molecular complexity index is 551. The molecule has 0 aromatic heterocycles. The van der Waals surface area contributed by atoms with E-state index in [-0.39, 0.29) is 5.41 Å². The van der Waals surface area contributed by atoms with Crippen molar-refractivity contribution in [2.45, 2.75) is 53.9 Å². The Kier molecular flexibility index (Phi) is 4.17. The molecule has 0 aliphatic heterocycles. The summed E-state index contributed by atoms with van der Waals surface area (Å²) in [7, 11) is 0. The summed E-state index contributed by atoms with van der Waals surface area (Å²) in [5, 5.41) is 0. The molecule has 0 heterocycles. The van der Waals surface area contributed by atoms with E-state index in [1.807, 2.05) is 20.8 Å². The fourth-order valence-electron chi connectivity index (χ4n) is 3.85. The van der Waals surface area contributed by atoms with Crippen molar-refractivity contribution in [1.29, 1.82) is 0 Å². The summed E-state index contributed by atoms with van der Waals surface area (Å²) in [6.45, 7) is 10.6. The van der Waals surface area contributed by atoms with Crippen LogP contribution in [0.2, 0.25) is 0 Å². The van der Waals surface area contributed by atoms with E-state index in [2.05, 4.69) is 38.1 Å². The topological polar surface area (TPSA) is 17.1 Å². The molecule has 1 aromatic rings. The van der Waals surface area contributed by atoms with Crippen LogP contribution in [0.3, 0.4) is 0 Å². The molecule has 108 valence electrons. The lowest BCUT2D eigenvalue weighted by molar-refractivity contribution is -0.116. The van der Waals surface area contributed by atoms with Gasteiger partial charge in [0.1, 0.15) is 0 Å². The zero-order valence-corrected chi connectivity index (χ0v) is 13.4. The molecule has 1 heteroatoms. The van der Waals surface area contributed by atoms with E-state index in [0.717, 1.165) is 24.8 Å². The highest BCUT2D eigenvalue weighted by Crippen LogP contribution is 2.57. The summed E-state index contributed by atoms with van der Waals surface area (Å²) in [6.07, 6.45) is 2.85. The van der Waals surface area contributed by atoms with E-state index in [9.17, 15) is 4.79 Å². The highest BCUT2D eigenvalue weighted by atomic mass is 16.1. The summed E-state index contributed by atoms with van der Waals surface area (Å²) >= 11 is 0. The molecule has 0 spiro atoms. The molecule has 3 rings (SSSR count). The molecule has 20 heavy (non-hydrogen) atoms. The van der Waals surface area contributed by atoms with Crippen molar-refractivity contribution in [1.82, 2.24) is 0 Å².